The summed E-state index contributed by atoms with van der Waals surface area (Å²) in [6.07, 6.45) is 1.84. The summed E-state index contributed by atoms with van der Waals surface area (Å²) in [5.74, 6) is -3.65. The second kappa shape index (κ2) is 14.0. The number of cyclic esters (lactones) is 1. The maximum Gasteiger partial charge on any atom is 0.408 e. The molecule has 2 N–H and O–H groups in total. The molecule has 1 aliphatic carbocycles. The van der Waals surface area contributed by atoms with Crippen LogP contribution in [0, 0.1) is 17.8 Å². The van der Waals surface area contributed by atoms with E-state index in [0.29, 0.717) is 45.2 Å². The number of ether oxygens (including phenoxy) is 2. The van der Waals surface area contributed by atoms with E-state index in [1.165, 1.54) is 11.8 Å². The SMILES string of the molecule is C[C@H]1CC2C(=O)O[C@@H](C)[C@H](NC(=O)OCc3ccccc3)C(=O)C3CCC[C@H]3C(=O)N3CCCC[C@H]3C(=O)N[C@@H](C)C(=O)N2C1. The number of rotatable bonds is 3. The summed E-state index contributed by atoms with van der Waals surface area (Å²) in [7, 11) is 0. The first-order valence-electron chi connectivity index (χ1n) is 16.2. The highest BCUT2D eigenvalue weighted by molar-refractivity contribution is 5.97. The van der Waals surface area contributed by atoms with Crippen LogP contribution in [-0.4, -0.2) is 88.7 Å². The number of benzene rings is 1. The number of amides is 4. The lowest BCUT2D eigenvalue weighted by Gasteiger charge is -2.38. The molecule has 45 heavy (non-hydrogen) atoms. The molecule has 0 bridgehead atoms. The molecule has 1 aromatic rings. The van der Waals surface area contributed by atoms with Crippen LogP contribution >= 0.6 is 0 Å². The molecule has 5 rings (SSSR count). The minimum atomic E-state index is -1.29. The average Bonchev–Trinajstić information content (AvgIpc) is 3.69. The topological polar surface area (TPSA) is 151 Å². The van der Waals surface area contributed by atoms with Crippen molar-refractivity contribution >= 4 is 35.6 Å². The Bertz CT molecular complexity index is 1300. The monoisotopic (exact) mass is 624 g/mol. The Hall–Kier alpha value is -3.96. The summed E-state index contributed by atoms with van der Waals surface area (Å²) >= 11 is 0. The van der Waals surface area contributed by atoms with E-state index in [4.69, 9.17) is 9.47 Å². The van der Waals surface area contributed by atoms with Crippen molar-refractivity contribution in [3.8, 4) is 0 Å². The molecule has 2 unspecified atom stereocenters. The number of piperidine rings is 1. The van der Waals surface area contributed by atoms with E-state index in [-0.39, 0.29) is 18.4 Å². The summed E-state index contributed by atoms with van der Waals surface area (Å²) in [4.78, 5) is 84.8. The van der Waals surface area contributed by atoms with Gasteiger partial charge in [0.2, 0.25) is 17.7 Å². The molecule has 1 aromatic carbocycles. The zero-order chi connectivity index (χ0) is 32.2. The second-order valence-electron chi connectivity index (χ2n) is 13.0. The molecule has 4 amide bonds. The molecule has 0 radical (unpaired) electrons. The van der Waals surface area contributed by atoms with E-state index in [0.717, 1.165) is 18.4 Å². The third-order valence-corrected chi connectivity index (χ3v) is 9.65. The Morgan fingerprint density at radius 2 is 1.64 bits per heavy atom. The van der Waals surface area contributed by atoms with Crippen molar-refractivity contribution < 1.29 is 38.2 Å². The predicted molar refractivity (Wildman–Crippen MR) is 161 cm³/mol. The van der Waals surface area contributed by atoms with Crippen LogP contribution in [0.5, 0.6) is 0 Å². The Labute approximate surface area is 263 Å². The number of alkyl carbamates (subject to hydrolysis) is 1. The van der Waals surface area contributed by atoms with Gasteiger partial charge in [0.25, 0.3) is 0 Å². The first-order chi connectivity index (χ1) is 21.5. The minimum absolute atomic E-state index is 0.000939. The Kier molecular flexibility index (Phi) is 10.1. The molecule has 4 aliphatic rings. The van der Waals surface area contributed by atoms with Gasteiger partial charge >= 0.3 is 12.1 Å². The molecular formula is C33H44N4O8. The first kappa shape index (κ1) is 32.4. The van der Waals surface area contributed by atoms with Gasteiger partial charge in [-0.25, -0.2) is 9.59 Å². The van der Waals surface area contributed by atoms with Crippen LogP contribution in [0.3, 0.4) is 0 Å². The van der Waals surface area contributed by atoms with Crippen LogP contribution in [0.1, 0.15) is 71.3 Å². The van der Waals surface area contributed by atoms with Crippen LogP contribution in [0.25, 0.3) is 0 Å². The zero-order valence-corrected chi connectivity index (χ0v) is 26.2. The van der Waals surface area contributed by atoms with Gasteiger partial charge in [0.05, 0.1) is 0 Å². The molecule has 1 saturated carbocycles. The number of carbonyl (C=O) groups is 6. The van der Waals surface area contributed by atoms with E-state index in [1.807, 2.05) is 25.1 Å². The maximum atomic E-state index is 14.2. The van der Waals surface area contributed by atoms with Gasteiger partial charge < -0.3 is 29.9 Å². The number of nitrogens with one attached hydrogen (secondary N) is 2. The number of nitrogens with zero attached hydrogens (tertiary/aromatic N) is 2. The average molecular weight is 625 g/mol. The summed E-state index contributed by atoms with van der Waals surface area (Å²) in [5.41, 5.74) is 0.757. The molecule has 244 valence electrons. The number of hydrogen-bond acceptors (Lipinski definition) is 8. The van der Waals surface area contributed by atoms with Gasteiger partial charge in [0.15, 0.2) is 5.78 Å². The van der Waals surface area contributed by atoms with Crippen LogP contribution in [-0.2, 0) is 40.1 Å². The number of Topliss-reactive ketones (excluding diaryl/α,β-unsaturated/α-hetero) is 1. The molecule has 8 atom stereocenters. The lowest BCUT2D eigenvalue weighted by molar-refractivity contribution is -0.161. The second-order valence-corrected chi connectivity index (χ2v) is 13.0. The highest BCUT2D eigenvalue weighted by Crippen LogP contribution is 2.37. The standard InChI is InChI=1S/C33H44N4O8/c1-19-16-26-32(42)45-21(3)27(35-33(43)44-18-22-10-5-4-6-11-22)28(38)23-12-9-13-24(23)31(41)36-15-8-7-14-25(36)29(39)34-20(2)30(40)37(26)17-19/h4-6,10-11,19-21,23-27H,7-9,12-18H2,1-3H3,(H,34,39)(H,35,43)/t19-,20-,21-,23?,24+,25-,26?,27-/m0/s1. The molecule has 4 fully saturated rings. The third-order valence-electron chi connectivity index (χ3n) is 9.65. The van der Waals surface area contributed by atoms with E-state index in [2.05, 4.69) is 10.6 Å². The molecule has 3 aliphatic heterocycles. The van der Waals surface area contributed by atoms with Gasteiger partial charge in [-0.1, -0.05) is 43.7 Å². The summed E-state index contributed by atoms with van der Waals surface area (Å²) in [6, 6.07) is 5.20. The van der Waals surface area contributed by atoms with Crippen molar-refractivity contribution in [2.24, 2.45) is 17.8 Å². The van der Waals surface area contributed by atoms with Crippen molar-refractivity contribution in [2.45, 2.75) is 103 Å². The number of esters is 1. The highest BCUT2D eigenvalue weighted by Gasteiger charge is 2.48. The van der Waals surface area contributed by atoms with E-state index < -0.39 is 71.8 Å². The Morgan fingerprint density at radius 3 is 2.40 bits per heavy atom. The molecular weight excluding hydrogens is 580 g/mol. The van der Waals surface area contributed by atoms with E-state index in [1.54, 1.807) is 24.0 Å². The molecule has 12 heteroatoms. The first-order valence-corrected chi connectivity index (χ1v) is 16.2. The maximum absolute atomic E-state index is 14.2. The number of hydrogen-bond donors (Lipinski definition) is 2. The predicted octanol–water partition coefficient (Wildman–Crippen LogP) is 2.33. The smallest absolute Gasteiger partial charge is 0.408 e. The zero-order valence-electron chi connectivity index (χ0n) is 26.2. The van der Waals surface area contributed by atoms with Gasteiger partial charge in [0.1, 0.15) is 36.9 Å². The fourth-order valence-corrected chi connectivity index (χ4v) is 7.28. The van der Waals surface area contributed by atoms with Crippen LogP contribution in [0.4, 0.5) is 4.79 Å². The lowest BCUT2D eigenvalue weighted by Crippen LogP contribution is -2.59. The van der Waals surface area contributed by atoms with E-state index >= 15 is 0 Å². The quantitative estimate of drug-likeness (QED) is 0.487. The minimum Gasteiger partial charge on any atom is -0.458 e. The largest absolute Gasteiger partial charge is 0.458 e. The van der Waals surface area contributed by atoms with Crippen molar-refractivity contribution in [2.75, 3.05) is 13.1 Å². The van der Waals surface area contributed by atoms with Crippen LogP contribution in [0.2, 0.25) is 0 Å². The Balaban J connectivity index is 1.45. The van der Waals surface area contributed by atoms with Gasteiger partial charge in [0, 0.05) is 24.9 Å². The fourth-order valence-electron chi connectivity index (χ4n) is 7.28. The van der Waals surface area contributed by atoms with Crippen LogP contribution < -0.4 is 10.6 Å². The van der Waals surface area contributed by atoms with Crippen molar-refractivity contribution in [3.63, 3.8) is 0 Å². The fraction of sp³-hybridized carbons (Fsp3) is 0.636. The highest BCUT2D eigenvalue weighted by atomic mass is 16.6. The molecule has 12 nitrogen and oxygen atoms in total. The van der Waals surface area contributed by atoms with Crippen molar-refractivity contribution in [1.82, 2.24) is 20.4 Å². The van der Waals surface area contributed by atoms with Gasteiger partial charge in [-0.05, 0) is 63.9 Å². The lowest BCUT2D eigenvalue weighted by atomic mass is 9.85. The van der Waals surface area contributed by atoms with Crippen molar-refractivity contribution in [1.29, 1.82) is 0 Å². The molecule has 3 saturated heterocycles. The molecule has 0 spiro atoms. The summed E-state index contributed by atoms with van der Waals surface area (Å²) in [5, 5.41) is 5.43. The van der Waals surface area contributed by atoms with Gasteiger partial charge in [-0.15, -0.1) is 0 Å². The van der Waals surface area contributed by atoms with E-state index in [9.17, 15) is 28.8 Å². The summed E-state index contributed by atoms with van der Waals surface area (Å²) < 4.78 is 11.2. The molecule has 0 aromatic heterocycles. The number of carbonyl (C=O) groups excluding carboxylic acids is 6. The van der Waals surface area contributed by atoms with Gasteiger partial charge in [-0.3, -0.25) is 19.2 Å². The molecule has 3 heterocycles. The number of fused-ring (bicyclic) bond motifs is 3. The summed E-state index contributed by atoms with van der Waals surface area (Å²) in [6.45, 7) is 5.69. The third kappa shape index (κ3) is 7.15. The van der Waals surface area contributed by atoms with Gasteiger partial charge in [-0.2, -0.15) is 0 Å². The normalized spacial score (nSPS) is 33.1. The van der Waals surface area contributed by atoms with Crippen LogP contribution in [0.15, 0.2) is 30.3 Å². The van der Waals surface area contributed by atoms with Crippen molar-refractivity contribution in [3.05, 3.63) is 35.9 Å². The Morgan fingerprint density at radius 1 is 0.911 bits per heavy atom. The number of ketones is 1.